The minimum atomic E-state index is -4.73. The van der Waals surface area contributed by atoms with Gasteiger partial charge in [0.15, 0.2) is 0 Å². The van der Waals surface area contributed by atoms with Crippen LogP contribution >= 0.6 is 0 Å². The van der Waals surface area contributed by atoms with E-state index in [2.05, 4.69) is 31.2 Å². The number of alkyl halides is 3. The average molecular weight is 539 g/mol. The van der Waals surface area contributed by atoms with E-state index >= 15 is 4.39 Å². The molecule has 0 atom stereocenters. The molecule has 0 bridgehead atoms. The first-order valence-electron chi connectivity index (χ1n) is 13.9. The number of unbranched alkanes of at least 4 members (excludes halogenated alkanes) is 4. The van der Waals surface area contributed by atoms with E-state index in [9.17, 15) is 17.6 Å². The second-order valence-corrected chi connectivity index (χ2v) is 10.4. The van der Waals surface area contributed by atoms with Gasteiger partial charge in [-0.1, -0.05) is 93.3 Å². The fraction of sp³-hybridized carbons (Fsp3) is 0.353. The van der Waals surface area contributed by atoms with Crippen molar-refractivity contribution in [3.8, 4) is 0 Å². The highest BCUT2D eigenvalue weighted by atomic mass is 19.4. The molecule has 0 fully saturated rings. The van der Waals surface area contributed by atoms with E-state index in [1.807, 2.05) is 18.2 Å². The standard InChI is InChI=1S/C34H35F5/c1-2-3-4-5-6-7-24-8-10-25(11-9-24)12-13-26-15-20-30-29(22-26)19-18-28(33(30)36)17-14-27-16-21-31(32(35)23-27)34(37,38)39/h8-11,15-16,18-23H,2-7,12-14,17H2,1H3. The van der Waals surface area contributed by atoms with E-state index in [0.717, 1.165) is 42.3 Å². The molecule has 0 aliphatic rings. The Labute approximate surface area is 227 Å². The van der Waals surface area contributed by atoms with E-state index in [1.54, 1.807) is 12.1 Å². The molecular formula is C34H35F5. The van der Waals surface area contributed by atoms with Crippen LogP contribution in [0.25, 0.3) is 10.8 Å². The predicted octanol–water partition coefficient (Wildman–Crippen LogP) is 10.2. The fourth-order valence-electron chi connectivity index (χ4n) is 5.05. The van der Waals surface area contributed by atoms with Crippen LogP contribution in [0.1, 0.15) is 72.4 Å². The molecule has 0 radical (unpaired) electrons. The van der Waals surface area contributed by atoms with Crippen molar-refractivity contribution in [2.24, 2.45) is 0 Å². The molecule has 0 amide bonds. The molecule has 0 heterocycles. The van der Waals surface area contributed by atoms with Crippen LogP contribution in [0.3, 0.4) is 0 Å². The zero-order chi connectivity index (χ0) is 27.8. The highest BCUT2D eigenvalue weighted by Gasteiger charge is 2.33. The van der Waals surface area contributed by atoms with Crippen LogP contribution in [-0.4, -0.2) is 0 Å². The zero-order valence-electron chi connectivity index (χ0n) is 22.4. The van der Waals surface area contributed by atoms with Gasteiger partial charge in [-0.2, -0.15) is 13.2 Å². The Bertz CT molecular complexity index is 1370. The van der Waals surface area contributed by atoms with Gasteiger partial charge < -0.3 is 0 Å². The Kier molecular flexibility index (Phi) is 9.77. The maximum Gasteiger partial charge on any atom is 0.419 e. The maximum absolute atomic E-state index is 15.2. The van der Waals surface area contributed by atoms with Gasteiger partial charge in [0.2, 0.25) is 0 Å². The van der Waals surface area contributed by atoms with Gasteiger partial charge in [0.05, 0.1) is 5.56 Å². The van der Waals surface area contributed by atoms with Gasteiger partial charge in [0.1, 0.15) is 11.6 Å². The maximum atomic E-state index is 15.2. The molecule has 4 aromatic carbocycles. The van der Waals surface area contributed by atoms with Crippen molar-refractivity contribution in [3.05, 3.63) is 118 Å². The van der Waals surface area contributed by atoms with Crippen molar-refractivity contribution in [2.45, 2.75) is 77.3 Å². The Morgan fingerprint density at radius 3 is 1.85 bits per heavy atom. The number of fused-ring (bicyclic) bond motifs is 1. The summed E-state index contributed by atoms with van der Waals surface area (Å²) in [7, 11) is 0. The first kappa shape index (κ1) is 28.8. The molecule has 0 unspecified atom stereocenters. The molecule has 0 saturated carbocycles. The summed E-state index contributed by atoms with van der Waals surface area (Å²) in [6.45, 7) is 2.23. The Morgan fingerprint density at radius 1 is 0.564 bits per heavy atom. The van der Waals surface area contributed by atoms with Gasteiger partial charge in [0, 0.05) is 5.39 Å². The molecule has 0 N–H and O–H groups in total. The number of hydrogen-bond donors (Lipinski definition) is 0. The van der Waals surface area contributed by atoms with Crippen LogP contribution in [0.15, 0.2) is 72.8 Å². The number of aryl methyl sites for hydroxylation is 5. The van der Waals surface area contributed by atoms with Crippen molar-refractivity contribution < 1.29 is 22.0 Å². The van der Waals surface area contributed by atoms with Gasteiger partial charge in [-0.15, -0.1) is 0 Å². The minimum absolute atomic E-state index is 0.243. The van der Waals surface area contributed by atoms with Crippen LogP contribution < -0.4 is 0 Å². The molecule has 0 aliphatic carbocycles. The van der Waals surface area contributed by atoms with E-state index in [-0.39, 0.29) is 18.7 Å². The topological polar surface area (TPSA) is 0 Å². The Morgan fingerprint density at radius 2 is 1.15 bits per heavy atom. The number of rotatable bonds is 12. The molecule has 4 rings (SSSR count). The lowest BCUT2D eigenvalue weighted by atomic mass is 9.96. The van der Waals surface area contributed by atoms with Crippen LogP contribution in [-0.2, 0) is 38.3 Å². The molecule has 0 nitrogen and oxygen atoms in total. The fourth-order valence-corrected chi connectivity index (χ4v) is 5.05. The van der Waals surface area contributed by atoms with Crippen molar-refractivity contribution in [3.63, 3.8) is 0 Å². The summed E-state index contributed by atoms with van der Waals surface area (Å²) >= 11 is 0. The van der Waals surface area contributed by atoms with Crippen molar-refractivity contribution in [1.82, 2.24) is 0 Å². The number of benzene rings is 4. The number of hydrogen-bond acceptors (Lipinski definition) is 0. The smallest absolute Gasteiger partial charge is 0.206 e. The lowest BCUT2D eigenvalue weighted by molar-refractivity contribution is -0.140. The second-order valence-electron chi connectivity index (χ2n) is 10.4. The summed E-state index contributed by atoms with van der Waals surface area (Å²) in [4.78, 5) is 0. The second kappa shape index (κ2) is 13.2. The third kappa shape index (κ3) is 7.90. The summed E-state index contributed by atoms with van der Waals surface area (Å²) in [5.41, 5.74) is 3.37. The summed E-state index contributed by atoms with van der Waals surface area (Å²) in [5, 5.41) is 1.32. The Balaban J connectivity index is 1.33. The highest BCUT2D eigenvalue weighted by molar-refractivity contribution is 5.84. The Hall–Kier alpha value is -3.21. The van der Waals surface area contributed by atoms with Crippen molar-refractivity contribution >= 4 is 10.8 Å². The summed E-state index contributed by atoms with van der Waals surface area (Å²) in [6.07, 6.45) is 5.09. The van der Waals surface area contributed by atoms with Crippen LogP contribution in [0.4, 0.5) is 22.0 Å². The molecule has 0 saturated heterocycles. The van der Waals surface area contributed by atoms with Crippen molar-refractivity contribution in [2.75, 3.05) is 0 Å². The van der Waals surface area contributed by atoms with E-state index < -0.39 is 17.6 Å². The van der Waals surface area contributed by atoms with Gasteiger partial charge in [-0.25, -0.2) is 8.78 Å². The van der Waals surface area contributed by atoms with Gasteiger partial charge in [-0.3, -0.25) is 0 Å². The summed E-state index contributed by atoms with van der Waals surface area (Å²) in [5.74, 6) is -1.64. The predicted molar refractivity (Wildman–Crippen MR) is 149 cm³/mol. The lowest BCUT2D eigenvalue weighted by Crippen LogP contribution is -2.08. The van der Waals surface area contributed by atoms with Gasteiger partial charge >= 0.3 is 6.18 Å². The molecule has 4 aromatic rings. The molecular weight excluding hydrogens is 503 g/mol. The SMILES string of the molecule is CCCCCCCc1ccc(CCc2ccc3c(F)c(CCc4ccc(C(F)(F)F)c(F)c4)ccc3c2)cc1. The largest absolute Gasteiger partial charge is 0.419 e. The highest BCUT2D eigenvalue weighted by Crippen LogP contribution is 2.32. The molecule has 0 spiro atoms. The van der Waals surface area contributed by atoms with Crippen LogP contribution in [0.5, 0.6) is 0 Å². The quantitative estimate of drug-likeness (QED) is 0.124. The van der Waals surface area contributed by atoms with E-state index in [4.69, 9.17) is 0 Å². The zero-order valence-corrected chi connectivity index (χ0v) is 22.4. The van der Waals surface area contributed by atoms with Crippen LogP contribution in [0, 0.1) is 11.6 Å². The normalized spacial score (nSPS) is 11.8. The molecule has 0 aliphatic heterocycles. The van der Waals surface area contributed by atoms with E-state index in [1.165, 1.54) is 49.3 Å². The third-order valence-electron chi connectivity index (χ3n) is 7.41. The summed E-state index contributed by atoms with van der Waals surface area (Å²) in [6, 6.07) is 21.1. The monoisotopic (exact) mass is 538 g/mol. The first-order valence-corrected chi connectivity index (χ1v) is 13.9. The van der Waals surface area contributed by atoms with Gasteiger partial charge in [0.25, 0.3) is 0 Å². The molecule has 0 aromatic heterocycles. The minimum Gasteiger partial charge on any atom is -0.206 e. The van der Waals surface area contributed by atoms with Crippen LogP contribution in [0.2, 0.25) is 0 Å². The van der Waals surface area contributed by atoms with Crippen molar-refractivity contribution in [1.29, 1.82) is 0 Å². The van der Waals surface area contributed by atoms with Gasteiger partial charge in [-0.05, 0) is 83.9 Å². The molecule has 5 heteroatoms. The van der Waals surface area contributed by atoms with E-state index in [0.29, 0.717) is 16.5 Å². The number of halogens is 5. The molecule has 206 valence electrons. The summed E-state index contributed by atoms with van der Waals surface area (Å²) < 4.78 is 67.5. The first-order chi connectivity index (χ1) is 18.7. The lowest BCUT2D eigenvalue weighted by Gasteiger charge is -2.11. The average Bonchev–Trinajstić information content (AvgIpc) is 2.91. The third-order valence-corrected chi connectivity index (χ3v) is 7.41. The molecule has 39 heavy (non-hydrogen) atoms.